The summed E-state index contributed by atoms with van der Waals surface area (Å²) >= 11 is 1.70. The number of hydrogen-bond acceptors (Lipinski definition) is 4. The number of ether oxygens (including phenoxy) is 1. The Morgan fingerprint density at radius 2 is 1.97 bits per heavy atom. The van der Waals surface area contributed by atoms with E-state index in [4.69, 9.17) is 4.74 Å². The van der Waals surface area contributed by atoms with Crippen molar-refractivity contribution in [1.82, 2.24) is 5.32 Å². The van der Waals surface area contributed by atoms with E-state index in [1.165, 1.54) is 16.7 Å². The van der Waals surface area contributed by atoms with E-state index in [9.17, 15) is 4.79 Å². The third kappa shape index (κ3) is 13.4. The van der Waals surface area contributed by atoms with Crippen LogP contribution in [-0.4, -0.2) is 19.2 Å². The molecular formula is C24H37N3O2S. The van der Waals surface area contributed by atoms with E-state index in [1.54, 1.807) is 11.3 Å². The molecule has 0 fully saturated rings. The number of hydrogen-bond donors (Lipinski definition) is 3. The van der Waals surface area contributed by atoms with Crippen molar-refractivity contribution in [2.45, 2.75) is 47.0 Å². The van der Waals surface area contributed by atoms with E-state index in [1.807, 2.05) is 43.5 Å². The first-order chi connectivity index (χ1) is 14.4. The zero-order valence-corrected chi connectivity index (χ0v) is 19.6. The number of benzene rings is 1. The SMILES string of the molecule is C=C(C)CC.C=CN.CCCOc1ccc(NC(=O)NCCc2cccs2)cc1C. The second-order valence-electron chi connectivity index (χ2n) is 6.59. The van der Waals surface area contributed by atoms with Crippen LogP contribution in [0.25, 0.3) is 0 Å². The second kappa shape index (κ2) is 17.2. The minimum absolute atomic E-state index is 0.182. The number of amides is 2. The van der Waals surface area contributed by atoms with E-state index in [0.717, 1.165) is 36.3 Å². The standard InChI is InChI=1S/C17H22N2O2S.C5H10.C2H5N/c1-3-10-21-16-7-6-14(12-13(16)2)19-17(20)18-9-8-15-5-4-11-22-15;1-4-5(2)3;1-2-3/h4-7,11-12H,3,8-10H2,1-2H3,(H2,18,19,20);2,4H2,1,3H3;2H,1,3H2. The number of urea groups is 1. The highest BCUT2D eigenvalue weighted by Crippen LogP contribution is 2.22. The molecule has 0 aliphatic rings. The lowest BCUT2D eigenvalue weighted by Crippen LogP contribution is -2.30. The summed E-state index contributed by atoms with van der Waals surface area (Å²) in [4.78, 5) is 13.1. The number of anilines is 1. The van der Waals surface area contributed by atoms with Gasteiger partial charge in [0.15, 0.2) is 0 Å². The average Bonchev–Trinajstić information content (AvgIpc) is 3.22. The van der Waals surface area contributed by atoms with Crippen molar-refractivity contribution in [2.24, 2.45) is 5.73 Å². The predicted molar refractivity (Wildman–Crippen MR) is 131 cm³/mol. The molecule has 0 saturated carbocycles. The molecule has 0 radical (unpaired) electrons. The van der Waals surface area contributed by atoms with Gasteiger partial charge in [0.2, 0.25) is 0 Å². The number of nitrogens with one attached hydrogen (secondary N) is 2. The van der Waals surface area contributed by atoms with Crippen LogP contribution < -0.4 is 21.1 Å². The lowest BCUT2D eigenvalue weighted by atomic mass is 10.2. The molecule has 0 saturated heterocycles. The van der Waals surface area contributed by atoms with Crippen LogP contribution in [0, 0.1) is 6.92 Å². The Balaban J connectivity index is 0.000000902. The maximum Gasteiger partial charge on any atom is 0.319 e. The van der Waals surface area contributed by atoms with Gasteiger partial charge in [0, 0.05) is 17.1 Å². The molecule has 2 amide bonds. The molecule has 0 aliphatic carbocycles. The van der Waals surface area contributed by atoms with Crippen molar-refractivity contribution in [3.8, 4) is 5.75 Å². The summed E-state index contributed by atoms with van der Waals surface area (Å²) in [6.45, 7) is 16.3. The smallest absolute Gasteiger partial charge is 0.319 e. The van der Waals surface area contributed by atoms with Gasteiger partial charge >= 0.3 is 6.03 Å². The fraction of sp³-hybridized carbons (Fsp3) is 0.375. The maximum absolute atomic E-state index is 11.9. The number of aryl methyl sites for hydroxylation is 1. The number of rotatable bonds is 8. The van der Waals surface area contributed by atoms with Gasteiger partial charge in [-0.25, -0.2) is 4.79 Å². The molecule has 0 spiro atoms. The minimum atomic E-state index is -0.182. The zero-order valence-electron chi connectivity index (χ0n) is 18.8. The molecule has 6 heteroatoms. The summed E-state index contributed by atoms with van der Waals surface area (Å²) < 4.78 is 5.62. The summed E-state index contributed by atoms with van der Waals surface area (Å²) in [6, 6.07) is 9.58. The van der Waals surface area contributed by atoms with Gasteiger partial charge in [-0.1, -0.05) is 32.1 Å². The van der Waals surface area contributed by atoms with Gasteiger partial charge in [0.05, 0.1) is 6.61 Å². The summed E-state index contributed by atoms with van der Waals surface area (Å²) in [7, 11) is 0. The lowest BCUT2D eigenvalue weighted by Gasteiger charge is -2.11. The molecular weight excluding hydrogens is 394 g/mol. The molecule has 2 aromatic rings. The van der Waals surface area contributed by atoms with Gasteiger partial charge in [-0.05, 0) is 74.5 Å². The van der Waals surface area contributed by atoms with Crippen LogP contribution in [0.4, 0.5) is 10.5 Å². The Labute approximate surface area is 186 Å². The number of thiophene rings is 1. The molecule has 1 heterocycles. The highest BCUT2D eigenvalue weighted by atomic mass is 32.1. The molecule has 0 bridgehead atoms. The van der Waals surface area contributed by atoms with E-state index in [-0.39, 0.29) is 6.03 Å². The Bertz CT molecular complexity index is 743. The summed E-state index contributed by atoms with van der Waals surface area (Å²) in [5.41, 5.74) is 7.66. The highest BCUT2D eigenvalue weighted by molar-refractivity contribution is 7.09. The van der Waals surface area contributed by atoms with Crippen molar-refractivity contribution in [3.63, 3.8) is 0 Å². The van der Waals surface area contributed by atoms with Crippen LogP contribution in [0.1, 0.15) is 44.1 Å². The number of allylic oxidation sites excluding steroid dienone is 1. The first kappa shape index (κ1) is 27.3. The average molecular weight is 432 g/mol. The molecule has 2 rings (SSSR count). The normalized spacial score (nSPS) is 9.20. The third-order valence-electron chi connectivity index (χ3n) is 3.74. The Hall–Kier alpha value is -2.73. The minimum Gasteiger partial charge on any atom is -0.493 e. The van der Waals surface area contributed by atoms with Crippen molar-refractivity contribution in [2.75, 3.05) is 18.5 Å². The van der Waals surface area contributed by atoms with Gasteiger partial charge in [-0.2, -0.15) is 0 Å². The van der Waals surface area contributed by atoms with Crippen molar-refractivity contribution in [3.05, 3.63) is 71.1 Å². The monoisotopic (exact) mass is 431 g/mol. The van der Waals surface area contributed by atoms with E-state index < -0.39 is 0 Å². The van der Waals surface area contributed by atoms with Crippen molar-refractivity contribution >= 4 is 23.1 Å². The van der Waals surface area contributed by atoms with Gasteiger partial charge in [-0.15, -0.1) is 17.9 Å². The summed E-state index contributed by atoms with van der Waals surface area (Å²) in [6.07, 6.45) is 4.19. The third-order valence-corrected chi connectivity index (χ3v) is 4.67. The van der Waals surface area contributed by atoms with E-state index in [0.29, 0.717) is 13.2 Å². The molecule has 166 valence electrons. The van der Waals surface area contributed by atoms with Crippen LogP contribution >= 0.6 is 11.3 Å². The first-order valence-corrected chi connectivity index (χ1v) is 11.0. The summed E-state index contributed by atoms with van der Waals surface area (Å²) in [5, 5.41) is 7.75. The molecule has 0 atom stereocenters. The fourth-order valence-corrected chi connectivity index (χ4v) is 2.74. The first-order valence-electron chi connectivity index (χ1n) is 10.2. The fourth-order valence-electron chi connectivity index (χ4n) is 2.03. The quantitative estimate of drug-likeness (QED) is 0.431. The second-order valence-corrected chi connectivity index (χ2v) is 7.62. The van der Waals surface area contributed by atoms with Crippen molar-refractivity contribution in [1.29, 1.82) is 0 Å². The lowest BCUT2D eigenvalue weighted by molar-refractivity contribution is 0.252. The van der Waals surface area contributed by atoms with Gasteiger partial charge in [0.25, 0.3) is 0 Å². The van der Waals surface area contributed by atoms with E-state index >= 15 is 0 Å². The van der Waals surface area contributed by atoms with Crippen LogP contribution in [-0.2, 0) is 6.42 Å². The Morgan fingerprint density at radius 3 is 2.47 bits per heavy atom. The number of carbonyl (C=O) groups excluding carboxylic acids is 1. The molecule has 5 nitrogen and oxygen atoms in total. The molecule has 30 heavy (non-hydrogen) atoms. The number of carbonyl (C=O) groups is 1. The molecule has 0 aliphatic heterocycles. The molecule has 4 N–H and O–H groups in total. The van der Waals surface area contributed by atoms with Crippen LogP contribution in [0.3, 0.4) is 0 Å². The molecule has 1 aromatic carbocycles. The summed E-state index contributed by atoms with van der Waals surface area (Å²) in [5.74, 6) is 0.866. The van der Waals surface area contributed by atoms with Gasteiger partial charge < -0.3 is 21.1 Å². The molecule has 1 aromatic heterocycles. The highest BCUT2D eigenvalue weighted by Gasteiger charge is 2.05. The maximum atomic E-state index is 11.9. The van der Waals surface area contributed by atoms with Crippen LogP contribution in [0.2, 0.25) is 0 Å². The number of nitrogens with two attached hydrogens (primary N) is 1. The topological polar surface area (TPSA) is 76.4 Å². The molecule has 0 unspecified atom stereocenters. The predicted octanol–water partition coefficient (Wildman–Crippen LogP) is 6.27. The van der Waals surface area contributed by atoms with E-state index in [2.05, 4.69) is 49.4 Å². The van der Waals surface area contributed by atoms with Crippen LogP contribution in [0.5, 0.6) is 5.75 Å². The largest absolute Gasteiger partial charge is 0.493 e. The van der Waals surface area contributed by atoms with Gasteiger partial charge in [0.1, 0.15) is 5.75 Å². The Kier molecular flexibility index (Phi) is 15.6. The van der Waals surface area contributed by atoms with Crippen molar-refractivity contribution < 1.29 is 9.53 Å². The van der Waals surface area contributed by atoms with Crippen LogP contribution in [0.15, 0.2) is 60.6 Å². The Morgan fingerprint density at radius 1 is 1.30 bits per heavy atom. The van der Waals surface area contributed by atoms with Gasteiger partial charge in [-0.3, -0.25) is 0 Å². The zero-order chi connectivity index (χ0) is 22.8.